The molecule has 1 unspecified atom stereocenters. The van der Waals surface area contributed by atoms with E-state index in [2.05, 4.69) is 93.7 Å². The first-order chi connectivity index (χ1) is 34.5. The van der Waals surface area contributed by atoms with Crippen LogP contribution in [0.5, 0.6) is 0 Å². The summed E-state index contributed by atoms with van der Waals surface area (Å²) in [5, 5.41) is 0. The molecule has 0 saturated heterocycles. The highest BCUT2D eigenvalue weighted by Crippen LogP contribution is 2.17. The molecule has 404 valence electrons. The average Bonchev–Trinajstić information content (AvgIpc) is 3.36. The Morgan fingerprint density at radius 3 is 0.929 bits per heavy atom. The van der Waals surface area contributed by atoms with E-state index >= 15 is 0 Å². The van der Waals surface area contributed by atoms with Crippen LogP contribution in [0.15, 0.2) is 72.9 Å². The summed E-state index contributed by atoms with van der Waals surface area (Å²) in [4.78, 5) is 38.2. The largest absolute Gasteiger partial charge is 0.462 e. The van der Waals surface area contributed by atoms with Gasteiger partial charge in [-0.05, 0) is 83.5 Å². The molecule has 0 rings (SSSR count). The monoisotopic (exact) mass is 977 g/mol. The lowest BCUT2D eigenvalue weighted by Crippen LogP contribution is -2.30. The third-order valence-electron chi connectivity index (χ3n) is 12.9. The summed E-state index contributed by atoms with van der Waals surface area (Å²) in [5.41, 5.74) is 0. The lowest BCUT2D eigenvalue weighted by atomic mass is 10.0. The van der Waals surface area contributed by atoms with Crippen molar-refractivity contribution >= 4 is 17.9 Å². The Labute approximate surface area is 433 Å². The predicted octanol–water partition coefficient (Wildman–Crippen LogP) is 20.2. The van der Waals surface area contributed by atoms with Gasteiger partial charge in [0, 0.05) is 19.3 Å². The zero-order valence-corrected chi connectivity index (χ0v) is 46.3. The minimum absolute atomic E-state index is 0.0835. The normalized spacial score (nSPS) is 12.6. The van der Waals surface area contributed by atoms with Gasteiger partial charge >= 0.3 is 17.9 Å². The molecule has 0 N–H and O–H groups in total. The van der Waals surface area contributed by atoms with Crippen molar-refractivity contribution in [1.29, 1.82) is 0 Å². The van der Waals surface area contributed by atoms with E-state index in [0.29, 0.717) is 19.3 Å². The van der Waals surface area contributed by atoms with E-state index in [4.69, 9.17) is 14.2 Å². The molecule has 0 aromatic heterocycles. The number of esters is 3. The van der Waals surface area contributed by atoms with Crippen molar-refractivity contribution in [3.8, 4) is 0 Å². The Morgan fingerprint density at radius 2 is 0.586 bits per heavy atom. The van der Waals surface area contributed by atoms with Gasteiger partial charge < -0.3 is 14.2 Å². The molecule has 0 aromatic rings. The standard InChI is InChI=1S/C64H112O6/c1-4-7-10-13-16-19-22-25-27-29-31-33-34-36-39-42-45-48-51-54-57-63(66)69-60-61(59-68-62(65)56-53-50-47-44-41-38-24-21-18-15-12-9-6-3)70-64(67)58-55-52-49-46-43-40-37-35-32-30-28-26-23-20-17-14-11-8-5-2/h8,11-12,15,17,20-21,24,26,28,32,35,61H,4-7,9-10,13-14,16,18-19,22-23,25,27,29-31,33-34,36-60H2,1-3H3/b11-8-,15-12-,20-17-,24-21-,28-26-,35-32-. The fraction of sp³-hybridized carbons (Fsp3) is 0.766. The number of hydrogen-bond acceptors (Lipinski definition) is 6. The van der Waals surface area contributed by atoms with E-state index in [1.54, 1.807) is 0 Å². The average molecular weight is 978 g/mol. The van der Waals surface area contributed by atoms with E-state index in [1.165, 1.54) is 128 Å². The molecule has 0 aliphatic heterocycles. The molecule has 6 heteroatoms. The lowest BCUT2D eigenvalue weighted by molar-refractivity contribution is -0.167. The van der Waals surface area contributed by atoms with E-state index < -0.39 is 6.10 Å². The van der Waals surface area contributed by atoms with Crippen molar-refractivity contribution in [3.63, 3.8) is 0 Å². The number of rotatable bonds is 54. The molecule has 0 amide bonds. The number of ether oxygens (including phenoxy) is 3. The maximum atomic E-state index is 12.9. The molecule has 0 saturated carbocycles. The number of carbonyl (C=O) groups excluding carboxylic acids is 3. The fourth-order valence-electron chi connectivity index (χ4n) is 8.47. The van der Waals surface area contributed by atoms with E-state index in [-0.39, 0.29) is 31.1 Å². The molecular weight excluding hydrogens is 865 g/mol. The molecule has 6 nitrogen and oxygen atoms in total. The summed E-state index contributed by atoms with van der Waals surface area (Å²) < 4.78 is 16.9. The zero-order chi connectivity index (χ0) is 50.7. The molecule has 0 aliphatic rings. The highest BCUT2D eigenvalue weighted by molar-refractivity contribution is 5.71. The SMILES string of the molecule is CC/C=C\C/C=C\C/C=C\C/C=C\CCCCCCCCC(=O)OC(COC(=O)CCCCCCC/C=C\C/C=C\CCC)COC(=O)CCCCCCCCCCCCCCCCCCCCCC. The molecule has 0 fully saturated rings. The fourth-order valence-corrected chi connectivity index (χ4v) is 8.47. The highest BCUT2D eigenvalue weighted by Gasteiger charge is 2.19. The second kappa shape index (κ2) is 58.4. The molecular formula is C64H112O6. The zero-order valence-electron chi connectivity index (χ0n) is 46.3. The van der Waals surface area contributed by atoms with Crippen LogP contribution in [0.2, 0.25) is 0 Å². The van der Waals surface area contributed by atoms with Crippen LogP contribution in [0, 0.1) is 0 Å². The van der Waals surface area contributed by atoms with Crippen molar-refractivity contribution < 1.29 is 28.6 Å². The van der Waals surface area contributed by atoms with Gasteiger partial charge in [0.15, 0.2) is 6.10 Å². The number of unbranched alkanes of at least 4 members (excludes halogenated alkanes) is 31. The van der Waals surface area contributed by atoms with Crippen LogP contribution >= 0.6 is 0 Å². The second-order valence-electron chi connectivity index (χ2n) is 19.9. The smallest absolute Gasteiger partial charge is 0.306 e. The van der Waals surface area contributed by atoms with Gasteiger partial charge in [0.25, 0.3) is 0 Å². The Morgan fingerprint density at radius 1 is 0.300 bits per heavy atom. The van der Waals surface area contributed by atoms with Gasteiger partial charge in [-0.15, -0.1) is 0 Å². The summed E-state index contributed by atoms with van der Waals surface area (Å²) in [6, 6.07) is 0. The van der Waals surface area contributed by atoms with Crippen LogP contribution in [-0.4, -0.2) is 37.2 Å². The van der Waals surface area contributed by atoms with Crippen molar-refractivity contribution in [2.75, 3.05) is 13.2 Å². The summed E-state index contributed by atoms with van der Waals surface area (Å²) in [6.07, 6.45) is 74.7. The van der Waals surface area contributed by atoms with Gasteiger partial charge in [-0.25, -0.2) is 0 Å². The molecule has 0 aromatic carbocycles. The molecule has 0 radical (unpaired) electrons. The van der Waals surface area contributed by atoms with Crippen LogP contribution in [0.3, 0.4) is 0 Å². The van der Waals surface area contributed by atoms with Crippen LogP contribution in [0.25, 0.3) is 0 Å². The molecule has 0 bridgehead atoms. The third kappa shape index (κ3) is 55.8. The summed E-state index contributed by atoms with van der Waals surface area (Å²) in [7, 11) is 0. The van der Waals surface area contributed by atoms with E-state index in [1.807, 2.05) is 0 Å². The van der Waals surface area contributed by atoms with Crippen LogP contribution in [0.4, 0.5) is 0 Å². The highest BCUT2D eigenvalue weighted by atomic mass is 16.6. The minimum atomic E-state index is -0.788. The maximum Gasteiger partial charge on any atom is 0.306 e. The maximum absolute atomic E-state index is 12.9. The Kier molecular flexibility index (Phi) is 55.8. The first-order valence-corrected chi connectivity index (χ1v) is 29.9. The Hall–Kier alpha value is -3.15. The van der Waals surface area contributed by atoms with Crippen molar-refractivity contribution in [2.24, 2.45) is 0 Å². The molecule has 0 heterocycles. The summed E-state index contributed by atoms with van der Waals surface area (Å²) in [5.74, 6) is -0.901. The van der Waals surface area contributed by atoms with Gasteiger partial charge in [-0.3, -0.25) is 14.4 Å². The topological polar surface area (TPSA) is 78.9 Å². The van der Waals surface area contributed by atoms with Crippen LogP contribution in [-0.2, 0) is 28.6 Å². The van der Waals surface area contributed by atoms with E-state index in [0.717, 1.165) is 128 Å². The number of carbonyl (C=O) groups is 3. The van der Waals surface area contributed by atoms with Gasteiger partial charge in [-0.2, -0.15) is 0 Å². The molecule has 1 atom stereocenters. The van der Waals surface area contributed by atoms with Crippen molar-refractivity contribution in [3.05, 3.63) is 72.9 Å². The quantitative estimate of drug-likeness (QED) is 0.0261. The van der Waals surface area contributed by atoms with Crippen molar-refractivity contribution in [1.82, 2.24) is 0 Å². The Bertz CT molecular complexity index is 1310. The molecule has 0 aliphatic carbocycles. The van der Waals surface area contributed by atoms with Crippen LogP contribution < -0.4 is 0 Å². The van der Waals surface area contributed by atoms with Crippen LogP contribution in [0.1, 0.15) is 297 Å². The number of allylic oxidation sites excluding steroid dienone is 12. The summed E-state index contributed by atoms with van der Waals surface area (Å²) in [6.45, 7) is 6.47. The Balaban J connectivity index is 4.36. The van der Waals surface area contributed by atoms with Gasteiger partial charge in [-0.1, -0.05) is 267 Å². The van der Waals surface area contributed by atoms with Gasteiger partial charge in [0.1, 0.15) is 13.2 Å². The number of hydrogen-bond donors (Lipinski definition) is 0. The third-order valence-corrected chi connectivity index (χ3v) is 12.9. The molecule has 70 heavy (non-hydrogen) atoms. The van der Waals surface area contributed by atoms with Gasteiger partial charge in [0.05, 0.1) is 0 Å². The lowest BCUT2D eigenvalue weighted by Gasteiger charge is -2.18. The predicted molar refractivity (Wildman–Crippen MR) is 302 cm³/mol. The second-order valence-corrected chi connectivity index (χ2v) is 19.9. The van der Waals surface area contributed by atoms with Crippen molar-refractivity contribution in [2.45, 2.75) is 303 Å². The first kappa shape index (κ1) is 66.9. The first-order valence-electron chi connectivity index (χ1n) is 29.9. The van der Waals surface area contributed by atoms with Gasteiger partial charge in [0.2, 0.25) is 0 Å². The minimum Gasteiger partial charge on any atom is -0.462 e. The van der Waals surface area contributed by atoms with E-state index in [9.17, 15) is 14.4 Å². The summed E-state index contributed by atoms with van der Waals surface area (Å²) >= 11 is 0. The molecule has 0 spiro atoms.